The summed E-state index contributed by atoms with van der Waals surface area (Å²) in [5.41, 5.74) is 6.79. The van der Waals surface area contributed by atoms with Crippen molar-refractivity contribution in [3.63, 3.8) is 0 Å². The van der Waals surface area contributed by atoms with Crippen molar-refractivity contribution in [3.8, 4) is 45.3 Å². The molecular weight excluding hydrogens is 607 g/mol. The van der Waals surface area contributed by atoms with Crippen molar-refractivity contribution in [1.82, 2.24) is 15.0 Å². The van der Waals surface area contributed by atoms with E-state index in [0.717, 1.165) is 55.0 Å². The van der Waals surface area contributed by atoms with Crippen molar-refractivity contribution >= 4 is 64.2 Å². The highest BCUT2D eigenvalue weighted by Gasteiger charge is 2.20. The molecule has 0 aliphatic carbocycles. The molecule has 0 bridgehead atoms. The third-order valence-electron chi connectivity index (χ3n) is 9.12. The van der Waals surface area contributed by atoms with Crippen LogP contribution in [-0.4, -0.2) is 15.0 Å². The standard InChI is InChI=1S/C43H25N3OS/c1-3-12-26(13-4-1)34-24-29(25-37-39(34)31-18-9-10-21-36(31)48-37)42-44-41(28-15-5-2-6-16-28)45-43(46-42)33-19-11-20-35-38(33)32-23-22-27-14-7-8-17-30(27)40(32)47-35/h1-25H. The molecule has 0 spiro atoms. The average Bonchev–Trinajstić information content (AvgIpc) is 3.74. The van der Waals surface area contributed by atoms with Crippen molar-refractivity contribution in [1.29, 1.82) is 0 Å². The van der Waals surface area contributed by atoms with E-state index in [2.05, 4.69) is 109 Å². The van der Waals surface area contributed by atoms with E-state index >= 15 is 0 Å². The predicted octanol–water partition coefficient (Wildman–Crippen LogP) is 12.0. The van der Waals surface area contributed by atoms with Crippen LogP contribution in [0.15, 0.2) is 156 Å². The maximum absolute atomic E-state index is 6.53. The zero-order valence-electron chi connectivity index (χ0n) is 25.6. The summed E-state index contributed by atoms with van der Waals surface area (Å²) in [6.07, 6.45) is 0. The molecule has 0 N–H and O–H groups in total. The van der Waals surface area contributed by atoms with Gasteiger partial charge in [-0.1, -0.05) is 121 Å². The Morgan fingerprint density at radius 2 is 1.10 bits per heavy atom. The molecule has 10 rings (SSSR count). The van der Waals surface area contributed by atoms with E-state index < -0.39 is 0 Å². The first-order valence-electron chi connectivity index (χ1n) is 15.9. The third kappa shape index (κ3) is 4.25. The Bertz CT molecular complexity index is 2840. The van der Waals surface area contributed by atoms with Crippen molar-refractivity contribution in [2.45, 2.75) is 0 Å². The van der Waals surface area contributed by atoms with Crippen LogP contribution in [0.2, 0.25) is 0 Å². The van der Waals surface area contributed by atoms with E-state index in [-0.39, 0.29) is 0 Å². The lowest BCUT2D eigenvalue weighted by molar-refractivity contribution is 0.672. The SMILES string of the molecule is c1ccc(-c2nc(-c3cc(-c4ccccc4)c4c(c3)sc3ccccc34)nc(-c3cccc4oc5c6ccccc6ccc5c34)n2)cc1. The van der Waals surface area contributed by atoms with Crippen molar-refractivity contribution in [2.24, 2.45) is 0 Å². The van der Waals surface area contributed by atoms with Crippen LogP contribution >= 0.6 is 11.3 Å². The summed E-state index contributed by atoms with van der Waals surface area (Å²) in [5.74, 6) is 1.87. The van der Waals surface area contributed by atoms with Gasteiger partial charge < -0.3 is 4.42 Å². The maximum Gasteiger partial charge on any atom is 0.164 e. The second-order valence-electron chi connectivity index (χ2n) is 12.0. The third-order valence-corrected chi connectivity index (χ3v) is 10.2. The average molecular weight is 632 g/mol. The highest BCUT2D eigenvalue weighted by atomic mass is 32.1. The molecule has 0 unspecified atom stereocenters. The van der Waals surface area contributed by atoms with Gasteiger partial charge in [-0.25, -0.2) is 15.0 Å². The second-order valence-corrected chi connectivity index (χ2v) is 13.1. The fourth-order valence-corrected chi connectivity index (χ4v) is 8.08. The predicted molar refractivity (Wildman–Crippen MR) is 199 cm³/mol. The van der Waals surface area contributed by atoms with Gasteiger partial charge in [0.15, 0.2) is 17.5 Å². The van der Waals surface area contributed by atoms with Crippen molar-refractivity contribution in [2.75, 3.05) is 0 Å². The van der Waals surface area contributed by atoms with E-state index in [4.69, 9.17) is 19.4 Å². The highest BCUT2D eigenvalue weighted by Crippen LogP contribution is 2.43. The van der Waals surface area contributed by atoms with E-state index in [1.807, 2.05) is 42.5 Å². The molecule has 3 heterocycles. The molecule has 0 aliphatic rings. The van der Waals surface area contributed by atoms with Gasteiger partial charge in [0.05, 0.1) is 0 Å². The number of furan rings is 1. The van der Waals surface area contributed by atoms with Crippen molar-refractivity contribution in [3.05, 3.63) is 152 Å². The van der Waals surface area contributed by atoms with Crippen LogP contribution in [-0.2, 0) is 0 Å². The molecule has 0 saturated carbocycles. The molecule has 7 aromatic carbocycles. The van der Waals surface area contributed by atoms with E-state index in [1.54, 1.807) is 11.3 Å². The smallest absolute Gasteiger partial charge is 0.164 e. The molecule has 0 aliphatic heterocycles. The molecule has 224 valence electrons. The summed E-state index contributed by atoms with van der Waals surface area (Å²) in [4.78, 5) is 15.5. The minimum Gasteiger partial charge on any atom is -0.455 e. The first-order valence-corrected chi connectivity index (χ1v) is 16.8. The van der Waals surface area contributed by atoms with E-state index in [9.17, 15) is 0 Å². The molecule has 5 heteroatoms. The van der Waals surface area contributed by atoms with Gasteiger partial charge in [0, 0.05) is 53.0 Å². The fraction of sp³-hybridized carbons (Fsp3) is 0. The van der Waals surface area contributed by atoms with Gasteiger partial charge in [0.25, 0.3) is 0 Å². The summed E-state index contributed by atoms with van der Waals surface area (Å²) < 4.78 is 8.99. The molecule has 3 aromatic heterocycles. The molecule has 0 amide bonds. The van der Waals surface area contributed by atoms with Gasteiger partial charge >= 0.3 is 0 Å². The Morgan fingerprint density at radius 3 is 1.94 bits per heavy atom. The van der Waals surface area contributed by atoms with Gasteiger partial charge in [-0.3, -0.25) is 0 Å². The number of nitrogens with zero attached hydrogens (tertiary/aromatic N) is 3. The van der Waals surface area contributed by atoms with Gasteiger partial charge in [-0.05, 0) is 46.8 Å². The van der Waals surface area contributed by atoms with Gasteiger partial charge in [0.1, 0.15) is 11.2 Å². The van der Waals surface area contributed by atoms with Crippen LogP contribution in [0, 0.1) is 0 Å². The van der Waals surface area contributed by atoms with Gasteiger partial charge in [-0.15, -0.1) is 11.3 Å². The van der Waals surface area contributed by atoms with Crippen molar-refractivity contribution < 1.29 is 4.42 Å². The lowest BCUT2D eigenvalue weighted by atomic mass is 9.97. The zero-order chi connectivity index (χ0) is 31.6. The Hall–Kier alpha value is -6.17. The summed E-state index contributed by atoms with van der Waals surface area (Å²) in [6.45, 7) is 0. The fourth-order valence-electron chi connectivity index (χ4n) is 6.91. The Labute approximate surface area is 279 Å². The largest absolute Gasteiger partial charge is 0.455 e. The number of aromatic nitrogens is 3. The van der Waals surface area contributed by atoms with Gasteiger partial charge in [-0.2, -0.15) is 0 Å². The summed E-state index contributed by atoms with van der Waals surface area (Å²) in [6, 6.07) is 52.6. The monoisotopic (exact) mass is 631 g/mol. The summed E-state index contributed by atoms with van der Waals surface area (Å²) in [7, 11) is 0. The van der Waals surface area contributed by atoms with Crippen LogP contribution in [0.5, 0.6) is 0 Å². The molecule has 0 atom stereocenters. The number of hydrogen-bond donors (Lipinski definition) is 0. The summed E-state index contributed by atoms with van der Waals surface area (Å²) >= 11 is 1.80. The van der Waals surface area contributed by atoms with E-state index in [1.165, 1.54) is 25.7 Å². The first kappa shape index (κ1) is 27.0. The maximum atomic E-state index is 6.53. The molecule has 0 saturated heterocycles. The topological polar surface area (TPSA) is 51.8 Å². The molecule has 0 fully saturated rings. The quantitative estimate of drug-likeness (QED) is 0.194. The molecule has 10 aromatic rings. The van der Waals surface area contributed by atoms with Gasteiger partial charge in [0.2, 0.25) is 0 Å². The normalized spacial score (nSPS) is 11.8. The van der Waals surface area contributed by atoms with Crippen LogP contribution in [0.25, 0.3) is 98.2 Å². The lowest BCUT2D eigenvalue weighted by Crippen LogP contribution is -2.00. The number of benzene rings is 7. The molecular formula is C43H25N3OS. The molecule has 48 heavy (non-hydrogen) atoms. The Morgan fingerprint density at radius 1 is 0.417 bits per heavy atom. The number of rotatable bonds is 4. The first-order chi connectivity index (χ1) is 23.8. The number of thiophene rings is 1. The number of hydrogen-bond acceptors (Lipinski definition) is 5. The Kier molecular flexibility index (Phi) is 6.01. The minimum absolute atomic E-state index is 0.609. The lowest BCUT2D eigenvalue weighted by Gasteiger charge is -2.11. The van der Waals surface area contributed by atoms with Crippen LogP contribution in [0.3, 0.4) is 0 Å². The van der Waals surface area contributed by atoms with Crippen LogP contribution in [0.4, 0.5) is 0 Å². The van der Waals surface area contributed by atoms with E-state index in [0.29, 0.717) is 17.5 Å². The highest BCUT2D eigenvalue weighted by molar-refractivity contribution is 7.26. The van der Waals surface area contributed by atoms with Crippen LogP contribution in [0.1, 0.15) is 0 Å². The minimum atomic E-state index is 0.609. The van der Waals surface area contributed by atoms with Crippen LogP contribution < -0.4 is 0 Å². The molecule has 0 radical (unpaired) electrons. The zero-order valence-corrected chi connectivity index (χ0v) is 26.4. The summed E-state index contributed by atoms with van der Waals surface area (Å²) in [5, 5.41) is 6.79. The number of fused-ring (bicyclic) bond motifs is 8. The second kappa shape index (κ2) is 10.7. The Balaban J connectivity index is 1.26. The molecule has 4 nitrogen and oxygen atoms in total.